The lowest BCUT2D eigenvalue weighted by atomic mass is 10.2. The van der Waals surface area contributed by atoms with Crippen molar-refractivity contribution < 1.29 is 4.79 Å². The minimum atomic E-state index is -0.485. The molecule has 1 aromatic heterocycles. The molecule has 0 aliphatic carbocycles. The second kappa shape index (κ2) is 5.71. The second-order valence-corrected chi connectivity index (χ2v) is 4.50. The van der Waals surface area contributed by atoms with Crippen molar-refractivity contribution in [3.05, 3.63) is 24.5 Å². The van der Waals surface area contributed by atoms with Gasteiger partial charge in [-0.3, -0.25) is 4.90 Å². The summed E-state index contributed by atoms with van der Waals surface area (Å²) >= 11 is 0. The summed E-state index contributed by atoms with van der Waals surface area (Å²) in [6.07, 6.45) is 3.85. The van der Waals surface area contributed by atoms with Gasteiger partial charge in [-0.15, -0.1) is 0 Å². The van der Waals surface area contributed by atoms with Crippen molar-refractivity contribution in [3.8, 4) is 0 Å². The minimum absolute atomic E-state index is 0.485. The lowest BCUT2D eigenvalue weighted by Gasteiger charge is -2.14. The van der Waals surface area contributed by atoms with Gasteiger partial charge in [0.2, 0.25) is 0 Å². The maximum Gasteiger partial charge on any atom is 0.318 e. The van der Waals surface area contributed by atoms with Crippen LogP contribution in [0, 0.1) is 0 Å². The highest BCUT2D eigenvalue weighted by atomic mass is 16.2. The Kier molecular flexibility index (Phi) is 4.01. The zero-order valence-corrected chi connectivity index (χ0v) is 11.0. The predicted molar refractivity (Wildman–Crippen MR) is 76.0 cm³/mol. The summed E-state index contributed by atoms with van der Waals surface area (Å²) in [6, 6.07) is 5.20. The van der Waals surface area contributed by atoms with Crippen LogP contribution in [0.4, 0.5) is 10.5 Å². The zero-order chi connectivity index (χ0) is 13.8. The number of hydrogen-bond acceptors (Lipinski definition) is 3. The lowest BCUT2D eigenvalue weighted by Crippen LogP contribution is -2.31. The topological polar surface area (TPSA) is 90.2 Å². The fraction of sp³-hybridized carbons (Fsp3) is 0.385. The first-order valence-corrected chi connectivity index (χ1v) is 6.31. The number of nitrogens with zero attached hydrogens (tertiary/aromatic N) is 3. The van der Waals surface area contributed by atoms with Crippen molar-refractivity contribution in [2.75, 3.05) is 18.5 Å². The van der Waals surface area contributed by atoms with E-state index in [0.29, 0.717) is 6.54 Å². The van der Waals surface area contributed by atoms with Gasteiger partial charge in [-0.25, -0.2) is 9.78 Å². The number of aryl methyl sites for hydroxylation is 1. The smallest absolute Gasteiger partial charge is 0.318 e. The van der Waals surface area contributed by atoms with Crippen LogP contribution in [0.1, 0.15) is 12.8 Å². The molecular weight excluding hydrogens is 242 g/mol. The maximum absolute atomic E-state index is 11.1. The molecule has 0 fully saturated rings. The van der Waals surface area contributed by atoms with Gasteiger partial charge in [-0.05, 0) is 37.6 Å². The molecule has 0 aliphatic heterocycles. The van der Waals surface area contributed by atoms with Crippen molar-refractivity contribution in [3.63, 3.8) is 0 Å². The first-order chi connectivity index (χ1) is 9.13. The Labute approximate surface area is 112 Å². The number of amides is 2. The van der Waals surface area contributed by atoms with Crippen LogP contribution in [0.15, 0.2) is 24.5 Å². The van der Waals surface area contributed by atoms with E-state index in [1.165, 1.54) is 4.90 Å². The van der Waals surface area contributed by atoms with Gasteiger partial charge in [0, 0.05) is 19.3 Å². The Bertz CT molecular complexity index is 577. The van der Waals surface area contributed by atoms with Crippen molar-refractivity contribution in [2.45, 2.75) is 19.4 Å². The number of primary amides is 1. The molecule has 0 aliphatic rings. The Balaban J connectivity index is 2.24. The summed E-state index contributed by atoms with van der Waals surface area (Å²) in [4.78, 5) is 16.9. The fourth-order valence-corrected chi connectivity index (χ4v) is 1.99. The van der Waals surface area contributed by atoms with Gasteiger partial charge in [0.15, 0.2) is 0 Å². The van der Waals surface area contributed by atoms with Crippen molar-refractivity contribution in [1.82, 2.24) is 9.55 Å². The van der Waals surface area contributed by atoms with Crippen LogP contribution in [-0.2, 0) is 6.54 Å². The van der Waals surface area contributed by atoms with Crippen LogP contribution in [-0.4, -0.2) is 29.2 Å². The molecule has 2 aromatic rings. The molecule has 1 aromatic carbocycles. The predicted octanol–water partition coefficient (Wildman–Crippen LogP) is 1.29. The lowest BCUT2D eigenvalue weighted by molar-refractivity contribution is 0.255. The molecule has 0 saturated heterocycles. The SMILES string of the molecule is CN(C(N)=O)c1ccc2c(c1)ncn2CCCCN. The Morgan fingerprint density at radius 3 is 2.89 bits per heavy atom. The molecular formula is C13H19N5O. The second-order valence-electron chi connectivity index (χ2n) is 4.50. The van der Waals surface area contributed by atoms with Crippen LogP contribution in [0.2, 0.25) is 0 Å². The fourth-order valence-electron chi connectivity index (χ4n) is 1.99. The number of hydrogen-bond donors (Lipinski definition) is 2. The highest BCUT2D eigenvalue weighted by Gasteiger charge is 2.09. The third-order valence-electron chi connectivity index (χ3n) is 3.18. The van der Waals surface area contributed by atoms with Crippen LogP contribution < -0.4 is 16.4 Å². The molecule has 2 amide bonds. The number of imidazole rings is 1. The van der Waals surface area contributed by atoms with Gasteiger partial charge in [0.25, 0.3) is 0 Å². The number of anilines is 1. The van der Waals surface area contributed by atoms with E-state index in [-0.39, 0.29) is 0 Å². The van der Waals surface area contributed by atoms with Crippen LogP contribution in [0.3, 0.4) is 0 Å². The summed E-state index contributed by atoms with van der Waals surface area (Å²) in [5.41, 5.74) is 13.4. The minimum Gasteiger partial charge on any atom is -0.351 e. The highest BCUT2D eigenvalue weighted by molar-refractivity contribution is 5.92. The summed E-state index contributed by atoms with van der Waals surface area (Å²) in [5.74, 6) is 0. The van der Waals surface area contributed by atoms with E-state index in [2.05, 4.69) is 9.55 Å². The van der Waals surface area contributed by atoms with Crippen LogP contribution in [0.25, 0.3) is 11.0 Å². The van der Waals surface area contributed by atoms with Gasteiger partial charge >= 0.3 is 6.03 Å². The Morgan fingerprint density at radius 1 is 1.42 bits per heavy atom. The van der Waals surface area contributed by atoms with Gasteiger partial charge in [-0.2, -0.15) is 0 Å². The third kappa shape index (κ3) is 2.85. The maximum atomic E-state index is 11.1. The standard InChI is InChI=1S/C13H19N5O/c1-17(13(15)19)10-4-5-12-11(8-10)16-9-18(12)7-3-2-6-14/h4-5,8-9H,2-3,6-7,14H2,1H3,(H2,15,19). The van der Waals surface area contributed by atoms with Gasteiger partial charge in [0.1, 0.15) is 0 Å². The number of nitrogens with two attached hydrogens (primary N) is 2. The Morgan fingerprint density at radius 2 is 2.21 bits per heavy atom. The molecule has 2 rings (SSSR count). The first kappa shape index (κ1) is 13.4. The number of carbonyl (C=O) groups excluding carboxylic acids is 1. The molecule has 0 radical (unpaired) electrons. The van der Waals surface area contributed by atoms with E-state index in [1.54, 1.807) is 7.05 Å². The largest absolute Gasteiger partial charge is 0.351 e. The van der Waals surface area contributed by atoms with E-state index in [0.717, 1.165) is 36.1 Å². The Hall–Kier alpha value is -2.08. The summed E-state index contributed by atoms with van der Waals surface area (Å²) in [5, 5.41) is 0. The zero-order valence-electron chi connectivity index (χ0n) is 11.0. The van der Waals surface area contributed by atoms with Crippen molar-refractivity contribution in [2.24, 2.45) is 11.5 Å². The molecule has 102 valence electrons. The highest BCUT2D eigenvalue weighted by Crippen LogP contribution is 2.20. The van der Waals surface area contributed by atoms with Crippen LogP contribution >= 0.6 is 0 Å². The number of rotatable bonds is 5. The van der Waals surface area contributed by atoms with Gasteiger partial charge < -0.3 is 16.0 Å². The molecule has 1 heterocycles. The van der Waals surface area contributed by atoms with E-state index in [4.69, 9.17) is 11.5 Å². The average Bonchev–Trinajstić information content (AvgIpc) is 2.80. The third-order valence-corrected chi connectivity index (χ3v) is 3.18. The summed E-state index contributed by atoms with van der Waals surface area (Å²) in [7, 11) is 1.64. The summed E-state index contributed by atoms with van der Waals surface area (Å²) < 4.78 is 2.10. The number of carbonyl (C=O) groups is 1. The monoisotopic (exact) mass is 261 g/mol. The number of fused-ring (bicyclic) bond motifs is 1. The molecule has 0 spiro atoms. The molecule has 0 bridgehead atoms. The normalized spacial score (nSPS) is 10.8. The van der Waals surface area contributed by atoms with E-state index < -0.39 is 6.03 Å². The molecule has 6 nitrogen and oxygen atoms in total. The van der Waals surface area contributed by atoms with E-state index in [1.807, 2.05) is 24.5 Å². The van der Waals surface area contributed by atoms with Crippen LogP contribution in [0.5, 0.6) is 0 Å². The van der Waals surface area contributed by atoms with Gasteiger partial charge in [0.05, 0.1) is 17.4 Å². The van der Waals surface area contributed by atoms with Gasteiger partial charge in [-0.1, -0.05) is 0 Å². The molecule has 0 atom stereocenters. The van der Waals surface area contributed by atoms with E-state index in [9.17, 15) is 4.79 Å². The number of unbranched alkanes of at least 4 members (excludes halogenated alkanes) is 1. The van der Waals surface area contributed by atoms with Crippen molar-refractivity contribution in [1.29, 1.82) is 0 Å². The summed E-state index contributed by atoms with van der Waals surface area (Å²) in [6.45, 7) is 1.61. The first-order valence-electron chi connectivity index (χ1n) is 6.31. The molecule has 19 heavy (non-hydrogen) atoms. The molecule has 4 N–H and O–H groups in total. The van der Waals surface area contributed by atoms with Crippen molar-refractivity contribution >= 4 is 22.8 Å². The molecule has 6 heteroatoms. The molecule has 0 unspecified atom stereocenters. The number of aromatic nitrogens is 2. The average molecular weight is 261 g/mol. The van der Waals surface area contributed by atoms with E-state index >= 15 is 0 Å². The number of urea groups is 1. The number of benzene rings is 1. The molecule has 0 saturated carbocycles. The quantitative estimate of drug-likeness (QED) is 0.795.